The van der Waals surface area contributed by atoms with Crippen LogP contribution in [0.25, 0.3) is 5.69 Å². The summed E-state index contributed by atoms with van der Waals surface area (Å²) in [5.74, 6) is -0.143. The molecule has 0 spiro atoms. The van der Waals surface area contributed by atoms with Crippen LogP contribution in [0.4, 0.5) is 18.9 Å². The van der Waals surface area contributed by atoms with Gasteiger partial charge in [-0.25, -0.2) is 13.8 Å². The summed E-state index contributed by atoms with van der Waals surface area (Å²) in [6.45, 7) is 5.05. The number of aromatic nitrogens is 1. The van der Waals surface area contributed by atoms with E-state index in [1.807, 2.05) is 6.92 Å². The lowest BCUT2D eigenvalue weighted by molar-refractivity contribution is -0.137. The number of aryl methyl sites for hydroxylation is 1. The molecular formula is C25H27F3N4O4S. The van der Waals surface area contributed by atoms with Gasteiger partial charge in [-0.05, 0) is 63.2 Å². The van der Waals surface area contributed by atoms with Crippen molar-refractivity contribution in [1.82, 2.24) is 9.99 Å². The molecule has 37 heavy (non-hydrogen) atoms. The Balaban J connectivity index is 1.77. The molecule has 0 radical (unpaired) electrons. The third-order valence-corrected chi connectivity index (χ3v) is 6.58. The molecule has 8 nitrogen and oxygen atoms in total. The van der Waals surface area contributed by atoms with Gasteiger partial charge in [0.05, 0.1) is 36.0 Å². The van der Waals surface area contributed by atoms with Crippen LogP contribution in [-0.2, 0) is 21.0 Å². The number of nitrogens with zero attached hydrogens (tertiary/aromatic N) is 3. The van der Waals surface area contributed by atoms with Crippen LogP contribution >= 0.6 is 0 Å². The summed E-state index contributed by atoms with van der Waals surface area (Å²) < 4.78 is 72.9. The molecule has 0 bridgehead atoms. The number of ether oxygens (including phenoxy) is 1. The lowest BCUT2D eigenvalue weighted by Crippen LogP contribution is -2.39. The number of halogens is 3. The average molecular weight is 537 g/mol. The van der Waals surface area contributed by atoms with Crippen molar-refractivity contribution in [3.05, 3.63) is 77.1 Å². The molecule has 198 valence electrons. The SMILES string of the molecule is CCOc1ccc(N(CC(=O)N/N=C\c2cc(C)n(-c3ccccc3C(F)(F)F)c2C)S(C)(=O)=O)cc1. The van der Waals surface area contributed by atoms with Crippen LogP contribution in [0.5, 0.6) is 5.75 Å². The van der Waals surface area contributed by atoms with Crippen molar-refractivity contribution >= 4 is 27.8 Å². The van der Waals surface area contributed by atoms with Crippen molar-refractivity contribution in [2.45, 2.75) is 26.9 Å². The number of rotatable bonds is 9. The first-order chi connectivity index (χ1) is 17.3. The van der Waals surface area contributed by atoms with Gasteiger partial charge < -0.3 is 9.30 Å². The Morgan fingerprint density at radius 2 is 1.78 bits per heavy atom. The summed E-state index contributed by atoms with van der Waals surface area (Å²) in [4.78, 5) is 12.5. The van der Waals surface area contributed by atoms with Gasteiger partial charge in [-0.3, -0.25) is 9.10 Å². The van der Waals surface area contributed by atoms with Crippen molar-refractivity contribution < 1.29 is 31.1 Å². The molecule has 0 fully saturated rings. The standard InChI is InChI=1S/C25H27F3N4O4S/c1-5-36-21-12-10-20(11-13-21)31(37(4,34)35)16-24(33)30-29-15-19-14-17(2)32(18(19)3)23-9-7-6-8-22(23)25(26,27)28/h6-15H,5,16H2,1-4H3,(H,30,33)/b29-15-. The van der Waals surface area contributed by atoms with Crippen molar-refractivity contribution in [3.63, 3.8) is 0 Å². The second kappa shape index (κ2) is 11.1. The summed E-state index contributed by atoms with van der Waals surface area (Å²) in [6.07, 6.45) is -2.25. The Hall–Kier alpha value is -3.80. The largest absolute Gasteiger partial charge is 0.494 e. The number of sulfonamides is 1. The molecule has 0 atom stereocenters. The predicted molar refractivity (Wildman–Crippen MR) is 136 cm³/mol. The van der Waals surface area contributed by atoms with Gasteiger partial charge in [0.2, 0.25) is 10.0 Å². The number of benzene rings is 2. The van der Waals surface area contributed by atoms with Gasteiger partial charge in [-0.15, -0.1) is 0 Å². The zero-order chi connectivity index (χ0) is 27.4. The first-order valence-corrected chi connectivity index (χ1v) is 13.1. The Morgan fingerprint density at radius 3 is 2.38 bits per heavy atom. The van der Waals surface area contributed by atoms with Crippen molar-refractivity contribution in [3.8, 4) is 11.4 Å². The normalized spacial score (nSPS) is 12.1. The number of hydrogen-bond donors (Lipinski definition) is 1. The van der Waals surface area contributed by atoms with E-state index in [0.717, 1.165) is 16.6 Å². The van der Waals surface area contributed by atoms with E-state index in [9.17, 15) is 26.4 Å². The number of alkyl halides is 3. The minimum Gasteiger partial charge on any atom is -0.494 e. The van der Waals surface area contributed by atoms with E-state index < -0.39 is 34.2 Å². The van der Waals surface area contributed by atoms with E-state index >= 15 is 0 Å². The van der Waals surface area contributed by atoms with Crippen molar-refractivity contribution in [1.29, 1.82) is 0 Å². The average Bonchev–Trinajstić information content (AvgIpc) is 3.10. The molecule has 0 saturated heterocycles. The lowest BCUT2D eigenvalue weighted by atomic mass is 10.1. The van der Waals surface area contributed by atoms with Crippen LogP contribution in [0.15, 0.2) is 59.7 Å². The highest BCUT2D eigenvalue weighted by atomic mass is 32.2. The van der Waals surface area contributed by atoms with E-state index in [1.54, 1.807) is 32.0 Å². The minimum absolute atomic E-state index is 0.0205. The second-order valence-corrected chi connectivity index (χ2v) is 10.1. The summed E-state index contributed by atoms with van der Waals surface area (Å²) in [5, 5.41) is 3.89. The highest BCUT2D eigenvalue weighted by molar-refractivity contribution is 7.92. The number of hydrogen-bond acceptors (Lipinski definition) is 5. The molecule has 0 aliphatic heterocycles. The topological polar surface area (TPSA) is 93.0 Å². The third kappa shape index (κ3) is 6.70. The molecule has 0 aliphatic rings. The number of nitrogens with one attached hydrogen (secondary N) is 1. The molecule has 3 rings (SSSR count). The van der Waals surface area contributed by atoms with E-state index in [1.165, 1.54) is 41.1 Å². The first-order valence-electron chi connectivity index (χ1n) is 11.2. The Kier molecular flexibility index (Phi) is 8.32. The number of para-hydroxylation sites is 1. The summed E-state index contributed by atoms with van der Waals surface area (Å²) in [7, 11) is -3.79. The fourth-order valence-corrected chi connectivity index (χ4v) is 4.67. The summed E-state index contributed by atoms with van der Waals surface area (Å²) >= 11 is 0. The number of carbonyl (C=O) groups is 1. The number of amides is 1. The molecular weight excluding hydrogens is 509 g/mol. The first kappa shape index (κ1) is 27.8. The predicted octanol–water partition coefficient (Wildman–Crippen LogP) is 4.43. The molecule has 1 aromatic heterocycles. The molecule has 0 saturated carbocycles. The third-order valence-electron chi connectivity index (χ3n) is 5.44. The van der Waals surface area contributed by atoms with Gasteiger partial charge in [0.15, 0.2) is 0 Å². The monoisotopic (exact) mass is 536 g/mol. The van der Waals surface area contributed by atoms with E-state index in [2.05, 4.69) is 10.5 Å². The Labute approximate surface area is 213 Å². The van der Waals surface area contributed by atoms with Gasteiger partial charge in [0.25, 0.3) is 5.91 Å². The molecule has 12 heteroatoms. The fraction of sp³-hybridized carbons (Fsp3) is 0.280. The quantitative estimate of drug-likeness (QED) is 0.324. The maximum atomic E-state index is 13.5. The highest BCUT2D eigenvalue weighted by Gasteiger charge is 2.34. The second-order valence-electron chi connectivity index (χ2n) is 8.17. The van der Waals surface area contributed by atoms with Crippen LogP contribution < -0.4 is 14.5 Å². The maximum absolute atomic E-state index is 13.5. The Morgan fingerprint density at radius 1 is 1.14 bits per heavy atom. The van der Waals surface area contributed by atoms with Crippen LogP contribution in [0, 0.1) is 13.8 Å². The molecule has 1 amide bonds. The zero-order valence-corrected chi connectivity index (χ0v) is 21.5. The molecule has 0 unspecified atom stereocenters. The molecule has 1 heterocycles. The summed E-state index contributed by atoms with van der Waals surface area (Å²) in [5.41, 5.74) is 3.27. The highest BCUT2D eigenvalue weighted by Crippen LogP contribution is 2.35. The van der Waals surface area contributed by atoms with Gasteiger partial charge in [0.1, 0.15) is 12.3 Å². The zero-order valence-electron chi connectivity index (χ0n) is 20.7. The fourth-order valence-electron chi connectivity index (χ4n) is 3.81. The van der Waals surface area contributed by atoms with Crippen LogP contribution in [0.2, 0.25) is 0 Å². The van der Waals surface area contributed by atoms with Crippen LogP contribution in [0.3, 0.4) is 0 Å². The van der Waals surface area contributed by atoms with Crippen molar-refractivity contribution in [2.75, 3.05) is 23.7 Å². The maximum Gasteiger partial charge on any atom is 0.418 e. The number of hydrazone groups is 1. The summed E-state index contributed by atoms with van der Waals surface area (Å²) in [6, 6.07) is 13.1. The van der Waals surface area contributed by atoms with Crippen LogP contribution in [-0.4, -0.2) is 44.5 Å². The van der Waals surface area contributed by atoms with Gasteiger partial charge >= 0.3 is 6.18 Å². The lowest BCUT2D eigenvalue weighted by Gasteiger charge is -2.21. The molecule has 1 N–H and O–H groups in total. The van der Waals surface area contributed by atoms with E-state index in [-0.39, 0.29) is 11.4 Å². The van der Waals surface area contributed by atoms with Gasteiger partial charge in [-0.1, -0.05) is 12.1 Å². The van der Waals surface area contributed by atoms with Crippen LogP contribution in [0.1, 0.15) is 29.4 Å². The molecule has 0 aliphatic carbocycles. The van der Waals surface area contributed by atoms with Gasteiger partial charge in [-0.2, -0.15) is 18.3 Å². The smallest absolute Gasteiger partial charge is 0.418 e. The minimum atomic E-state index is -4.53. The van der Waals surface area contributed by atoms with E-state index in [0.29, 0.717) is 29.3 Å². The number of anilines is 1. The van der Waals surface area contributed by atoms with E-state index in [4.69, 9.17) is 4.74 Å². The molecule has 2 aromatic carbocycles. The number of carbonyl (C=O) groups excluding carboxylic acids is 1. The van der Waals surface area contributed by atoms with Crippen molar-refractivity contribution in [2.24, 2.45) is 5.10 Å². The Bertz CT molecular complexity index is 1400. The molecule has 3 aromatic rings. The van der Waals surface area contributed by atoms with Gasteiger partial charge in [0, 0.05) is 17.0 Å².